The molecule has 1 aliphatic rings. The molecule has 0 aromatic heterocycles. The molecule has 0 radical (unpaired) electrons. The minimum absolute atomic E-state index is 0.191. The molecule has 1 heterocycles. The van der Waals surface area contributed by atoms with Crippen molar-refractivity contribution in [2.24, 2.45) is 16.6 Å². The van der Waals surface area contributed by atoms with E-state index in [4.69, 9.17) is 10.5 Å². The van der Waals surface area contributed by atoms with E-state index in [0.29, 0.717) is 18.5 Å². The zero-order valence-electron chi connectivity index (χ0n) is 13.4. The van der Waals surface area contributed by atoms with Gasteiger partial charge in [0.15, 0.2) is 5.96 Å². The summed E-state index contributed by atoms with van der Waals surface area (Å²) in [6.07, 6.45) is 0. The third-order valence-corrected chi connectivity index (χ3v) is 3.55. The fraction of sp³-hybridized carbons (Fsp3) is 0.929. The van der Waals surface area contributed by atoms with E-state index in [1.165, 1.54) is 0 Å². The molecule has 2 atom stereocenters. The molecule has 0 aromatic rings. The van der Waals surface area contributed by atoms with Gasteiger partial charge in [0, 0.05) is 52.4 Å². The topological polar surface area (TPSA) is 66.1 Å². The van der Waals surface area contributed by atoms with Crippen LogP contribution >= 0.6 is 0 Å². The molecular formula is C14H31N5O. The molecule has 2 unspecified atom stereocenters. The van der Waals surface area contributed by atoms with Gasteiger partial charge in [-0.3, -0.25) is 4.99 Å². The second-order valence-electron chi connectivity index (χ2n) is 5.94. The summed E-state index contributed by atoms with van der Waals surface area (Å²) >= 11 is 0. The number of methoxy groups -OCH3 is 1. The summed E-state index contributed by atoms with van der Waals surface area (Å²) in [7, 11) is 3.86. The number of guanidine groups is 1. The second kappa shape index (κ2) is 9.15. The van der Waals surface area contributed by atoms with Crippen LogP contribution in [0.25, 0.3) is 0 Å². The van der Waals surface area contributed by atoms with Crippen molar-refractivity contribution in [3.05, 3.63) is 0 Å². The predicted octanol–water partition coefficient (Wildman–Crippen LogP) is -0.191. The van der Waals surface area contributed by atoms with Crippen LogP contribution in [0, 0.1) is 5.92 Å². The van der Waals surface area contributed by atoms with Gasteiger partial charge in [-0.1, -0.05) is 6.92 Å². The number of ether oxygens (including phenoxy) is 1. The van der Waals surface area contributed by atoms with E-state index in [1.807, 2.05) is 6.92 Å². The Balaban J connectivity index is 2.22. The normalized spacial score (nSPS) is 21.7. The average Bonchev–Trinajstić information content (AvgIpc) is 2.39. The van der Waals surface area contributed by atoms with Crippen LogP contribution < -0.4 is 11.1 Å². The van der Waals surface area contributed by atoms with Gasteiger partial charge in [0.2, 0.25) is 0 Å². The van der Waals surface area contributed by atoms with Gasteiger partial charge in [0.1, 0.15) is 0 Å². The Morgan fingerprint density at radius 2 is 1.95 bits per heavy atom. The first-order valence-corrected chi connectivity index (χ1v) is 7.47. The van der Waals surface area contributed by atoms with Gasteiger partial charge in [-0.25, -0.2) is 0 Å². The van der Waals surface area contributed by atoms with E-state index in [2.05, 4.69) is 34.1 Å². The fourth-order valence-electron chi connectivity index (χ4n) is 2.37. The highest BCUT2D eigenvalue weighted by molar-refractivity contribution is 5.78. The minimum Gasteiger partial charge on any atom is -0.383 e. The Bertz CT molecular complexity index is 289. The Labute approximate surface area is 123 Å². The van der Waals surface area contributed by atoms with Gasteiger partial charge in [-0.05, 0) is 19.9 Å². The van der Waals surface area contributed by atoms with Crippen molar-refractivity contribution in [2.75, 3.05) is 60.0 Å². The molecule has 0 bridgehead atoms. The van der Waals surface area contributed by atoms with E-state index >= 15 is 0 Å². The van der Waals surface area contributed by atoms with Crippen molar-refractivity contribution in [3.63, 3.8) is 0 Å². The van der Waals surface area contributed by atoms with Crippen molar-refractivity contribution < 1.29 is 4.74 Å². The van der Waals surface area contributed by atoms with Crippen LogP contribution in [-0.4, -0.2) is 81.8 Å². The first-order chi connectivity index (χ1) is 9.51. The maximum atomic E-state index is 5.87. The van der Waals surface area contributed by atoms with Gasteiger partial charge < -0.3 is 25.6 Å². The lowest BCUT2D eigenvalue weighted by Gasteiger charge is -2.33. The molecule has 1 aliphatic heterocycles. The minimum atomic E-state index is 0.191. The van der Waals surface area contributed by atoms with Crippen LogP contribution in [0.5, 0.6) is 0 Å². The van der Waals surface area contributed by atoms with Crippen molar-refractivity contribution in [1.29, 1.82) is 0 Å². The number of nitrogens with one attached hydrogen (secondary N) is 1. The van der Waals surface area contributed by atoms with E-state index in [1.54, 1.807) is 7.11 Å². The van der Waals surface area contributed by atoms with E-state index in [9.17, 15) is 0 Å². The SMILES string of the molecule is COCC(C)NC(N)=NCC(C)CN1CCN(C)CC1. The smallest absolute Gasteiger partial charge is 0.188 e. The van der Waals surface area contributed by atoms with Crippen LogP contribution in [-0.2, 0) is 4.74 Å². The fourth-order valence-corrected chi connectivity index (χ4v) is 2.37. The summed E-state index contributed by atoms with van der Waals surface area (Å²) in [5.74, 6) is 1.04. The molecular weight excluding hydrogens is 254 g/mol. The highest BCUT2D eigenvalue weighted by atomic mass is 16.5. The molecule has 118 valence electrons. The Hall–Kier alpha value is -0.850. The largest absolute Gasteiger partial charge is 0.383 e. The number of likely N-dealkylation sites (N-methyl/N-ethyl adjacent to an activating group) is 1. The van der Waals surface area contributed by atoms with Crippen molar-refractivity contribution >= 4 is 5.96 Å². The van der Waals surface area contributed by atoms with Crippen molar-refractivity contribution in [2.45, 2.75) is 19.9 Å². The highest BCUT2D eigenvalue weighted by Crippen LogP contribution is 2.04. The summed E-state index contributed by atoms with van der Waals surface area (Å²) in [5, 5.41) is 3.13. The molecule has 0 saturated carbocycles. The van der Waals surface area contributed by atoms with Gasteiger partial charge in [0.25, 0.3) is 0 Å². The van der Waals surface area contributed by atoms with Gasteiger partial charge >= 0.3 is 0 Å². The van der Waals surface area contributed by atoms with Crippen molar-refractivity contribution in [1.82, 2.24) is 15.1 Å². The third kappa shape index (κ3) is 7.07. The molecule has 6 heteroatoms. The van der Waals surface area contributed by atoms with Crippen LogP contribution in [0.3, 0.4) is 0 Å². The summed E-state index contributed by atoms with van der Waals surface area (Å²) in [5.41, 5.74) is 5.87. The van der Waals surface area contributed by atoms with Crippen LogP contribution in [0.15, 0.2) is 4.99 Å². The lowest BCUT2D eigenvalue weighted by molar-refractivity contribution is 0.140. The van der Waals surface area contributed by atoms with Crippen molar-refractivity contribution in [3.8, 4) is 0 Å². The number of nitrogens with two attached hydrogens (primary N) is 1. The molecule has 1 rings (SSSR count). The first-order valence-electron chi connectivity index (χ1n) is 7.47. The predicted molar refractivity (Wildman–Crippen MR) is 84.1 cm³/mol. The van der Waals surface area contributed by atoms with Crippen LogP contribution in [0.1, 0.15) is 13.8 Å². The number of rotatable bonds is 7. The number of nitrogens with zero attached hydrogens (tertiary/aromatic N) is 3. The molecule has 1 fully saturated rings. The van der Waals surface area contributed by atoms with Crippen LogP contribution in [0.2, 0.25) is 0 Å². The maximum absolute atomic E-state index is 5.87. The molecule has 0 aliphatic carbocycles. The highest BCUT2D eigenvalue weighted by Gasteiger charge is 2.15. The van der Waals surface area contributed by atoms with E-state index < -0.39 is 0 Å². The Kier molecular flexibility index (Phi) is 7.87. The van der Waals surface area contributed by atoms with Gasteiger partial charge in [-0.15, -0.1) is 0 Å². The quantitative estimate of drug-likeness (QED) is 0.501. The average molecular weight is 285 g/mol. The summed E-state index contributed by atoms with van der Waals surface area (Å²) in [6, 6.07) is 0.191. The van der Waals surface area contributed by atoms with Gasteiger partial charge in [-0.2, -0.15) is 0 Å². The Morgan fingerprint density at radius 3 is 2.55 bits per heavy atom. The molecule has 0 spiro atoms. The summed E-state index contributed by atoms with van der Waals surface area (Å²) in [6.45, 7) is 11.4. The number of hydrogen-bond acceptors (Lipinski definition) is 4. The van der Waals surface area contributed by atoms with E-state index in [0.717, 1.165) is 39.3 Å². The maximum Gasteiger partial charge on any atom is 0.188 e. The zero-order valence-corrected chi connectivity index (χ0v) is 13.4. The zero-order chi connectivity index (χ0) is 15.0. The molecule has 0 amide bonds. The number of hydrogen-bond donors (Lipinski definition) is 2. The molecule has 6 nitrogen and oxygen atoms in total. The molecule has 0 aromatic carbocycles. The first kappa shape index (κ1) is 17.2. The molecule has 3 N–H and O–H groups in total. The molecule has 1 saturated heterocycles. The monoisotopic (exact) mass is 285 g/mol. The summed E-state index contributed by atoms with van der Waals surface area (Å²) < 4.78 is 5.06. The van der Waals surface area contributed by atoms with Crippen LogP contribution in [0.4, 0.5) is 0 Å². The summed E-state index contributed by atoms with van der Waals surface area (Å²) in [4.78, 5) is 9.30. The van der Waals surface area contributed by atoms with Gasteiger partial charge in [0.05, 0.1) is 6.61 Å². The number of aliphatic imine (C=N–C) groups is 1. The second-order valence-corrected chi connectivity index (χ2v) is 5.94. The molecule has 20 heavy (non-hydrogen) atoms. The standard InChI is InChI=1S/C14H31N5O/c1-12(10-19-7-5-18(3)6-8-19)9-16-14(15)17-13(2)11-20-4/h12-13H,5-11H2,1-4H3,(H3,15,16,17). The Morgan fingerprint density at radius 1 is 1.30 bits per heavy atom. The number of piperazine rings is 1. The van der Waals surface area contributed by atoms with E-state index in [-0.39, 0.29) is 6.04 Å². The third-order valence-electron chi connectivity index (χ3n) is 3.55. The lowest BCUT2D eigenvalue weighted by atomic mass is 10.1. The lowest BCUT2D eigenvalue weighted by Crippen LogP contribution is -2.46.